The van der Waals surface area contributed by atoms with Gasteiger partial charge in [0, 0.05) is 5.38 Å². The van der Waals surface area contributed by atoms with E-state index in [2.05, 4.69) is 34.0 Å². The van der Waals surface area contributed by atoms with E-state index in [9.17, 15) is 0 Å². The summed E-state index contributed by atoms with van der Waals surface area (Å²) >= 11 is 1.53. The van der Waals surface area contributed by atoms with Gasteiger partial charge in [-0.3, -0.25) is 5.10 Å². The number of thiazole rings is 1. The molecule has 6 heteroatoms. The molecule has 1 unspecified atom stereocenters. The Labute approximate surface area is 91.8 Å². The molecule has 0 amide bonds. The van der Waals surface area contributed by atoms with Gasteiger partial charge in [-0.1, -0.05) is 13.8 Å². The number of nitrogens with two attached hydrogens (primary N) is 1. The fraction of sp³-hybridized carbons (Fsp3) is 0.444. The zero-order valence-corrected chi connectivity index (χ0v) is 9.45. The first kappa shape index (κ1) is 10.3. The van der Waals surface area contributed by atoms with Gasteiger partial charge in [-0.2, -0.15) is 5.10 Å². The fourth-order valence-electron chi connectivity index (χ4n) is 1.20. The Hall–Kier alpha value is -1.27. The van der Waals surface area contributed by atoms with Gasteiger partial charge in [-0.25, -0.2) is 9.97 Å². The topological polar surface area (TPSA) is 80.5 Å². The number of aromatic nitrogens is 4. The van der Waals surface area contributed by atoms with Crippen molar-refractivity contribution < 1.29 is 0 Å². The minimum atomic E-state index is -0.0158. The second-order valence-corrected chi connectivity index (χ2v) is 4.54. The predicted molar refractivity (Wildman–Crippen MR) is 59.3 cm³/mol. The Kier molecular flexibility index (Phi) is 2.79. The Bertz CT molecular complexity index is 419. The number of hydrogen-bond acceptors (Lipinski definition) is 5. The first-order valence-corrected chi connectivity index (χ1v) is 5.63. The Morgan fingerprint density at radius 2 is 2.27 bits per heavy atom. The summed E-state index contributed by atoms with van der Waals surface area (Å²) in [7, 11) is 0. The van der Waals surface area contributed by atoms with Crippen LogP contribution in [0, 0.1) is 5.92 Å². The summed E-state index contributed by atoms with van der Waals surface area (Å²) in [5.41, 5.74) is 6.92. The zero-order chi connectivity index (χ0) is 10.8. The van der Waals surface area contributed by atoms with E-state index in [1.807, 2.05) is 5.38 Å². The molecule has 0 aliphatic rings. The van der Waals surface area contributed by atoms with Gasteiger partial charge < -0.3 is 5.73 Å². The van der Waals surface area contributed by atoms with Crippen molar-refractivity contribution >= 4 is 11.3 Å². The molecule has 1 atom stereocenters. The van der Waals surface area contributed by atoms with Gasteiger partial charge in [0.2, 0.25) is 0 Å². The van der Waals surface area contributed by atoms with Crippen molar-refractivity contribution in [3.63, 3.8) is 0 Å². The van der Waals surface area contributed by atoms with E-state index in [0.717, 1.165) is 10.7 Å². The highest BCUT2D eigenvalue weighted by Crippen LogP contribution is 2.25. The number of rotatable bonds is 3. The summed E-state index contributed by atoms with van der Waals surface area (Å²) in [4.78, 5) is 8.48. The summed E-state index contributed by atoms with van der Waals surface area (Å²) in [6.07, 6.45) is 1.47. The minimum absolute atomic E-state index is 0.0158. The van der Waals surface area contributed by atoms with E-state index in [0.29, 0.717) is 11.7 Å². The van der Waals surface area contributed by atoms with Crippen LogP contribution < -0.4 is 5.73 Å². The molecular weight excluding hydrogens is 210 g/mol. The third-order valence-corrected chi connectivity index (χ3v) is 3.07. The van der Waals surface area contributed by atoms with Crippen molar-refractivity contribution in [3.8, 4) is 10.8 Å². The van der Waals surface area contributed by atoms with Crippen molar-refractivity contribution in [3.05, 3.63) is 17.4 Å². The van der Waals surface area contributed by atoms with Crippen molar-refractivity contribution in [1.29, 1.82) is 0 Å². The average Bonchev–Trinajstić information content (AvgIpc) is 2.86. The monoisotopic (exact) mass is 223 g/mol. The quantitative estimate of drug-likeness (QED) is 0.828. The van der Waals surface area contributed by atoms with Gasteiger partial charge in [-0.15, -0.1) is 11.3 Å². The summed E-state index contributed by atoms with van der Waals surface area (Å²) < 4.78 is 0. The second kappa shape index (κ2) is 4.08. The molecule has 0 spiro atoms. The summed E-state index contributed by atoms with van der Waals surface area (Å²) in [5.74, 6) is 1.08. The molecule has 0 saturated carbocycles. The second-order valence-electron chi connectivity index (χ2n) is 3.68. The molecule has 0 aliphatic heterocycles. The minimum Gasteiger partial charge on any atom is -0.322 e. The molecule has 0 fully saturated rings. The normalized spacial score (nSPS) is 13.3. The number of nitrogens with zero attached hydrogens (tertiary/aromatic N) is 3. The van der Waals surface area contributed by atoms with Crippen molar-refractivity contribution in [2.75, 3.05) is 0 Å². The number of H-pyrrole nitrogens is 1. The van der Waals surface area contributed by atoms with Gasteiger partial charge in [-0.05, 0) is 5.92 Å². The van der Waals surface area contributed by atoms with Crippen LogP contribution in [0.15, 0.2) is 11.7 Å². The molecule has 0 bridgehead atoms. The molecule has 2 aromatic rings. The number of nitrogens with one attached hydrogen (secondary N) is 1. The van der Waals surface area contributed by atoms with Crippen LogP contribution in [0.2, 0.25) is 0 Å². The number of hydrogen-bond donors (Lipinski definition) is 2. The number of aromatic amines is 1. The van der Waals surface area contributed by atoms with E-state index in [1.54, 1.807) is 0 Å². The predicted octanol–water partition coefficient (Wildman–Crippen LogP) is 1.58. The van der Waals surface area contributed by atoms with Crippen LogP contribution >= 0.6 is 11.3 Å². The van der Waals surface area contributed by atoms with E-state index >= 15 is 0 Å². The highest BCUT2D eigenvalue weighted by molar-refractivity contribution is 7.13. The first-order valence-electron chi connectivity index (χ1n) is 4.75. The van der Waals surface area contributed by atoms with Crippen LogP contribution in [0.1, 0.15) is 25.6 Å². The van der Waals surface area contributed by atoms with Crippen molar-refractivity contribution in [2.45, 2.75) is 19.9 Å². The maximum absolute atomic E-state index is 6.00. The van der Waals surface area contributed by atoms with Crippen LogP contribution in [0.5, 0.6) is 0 Å². The smallest absolute Gasteiger partial charge is 0.184 e. The molecule has 0 radical (unpaired) electrons. The molecule has 15 heavy (non-hydrogen) atoms. The fourth-order valence-corrected chi connectivity index (χ4v) is 2.01. The van der Waals surface area contributed by atoms with Gasteiger partial charge >= 0.3 is 0 Å². The first-order chi connectivity index (χ1) is 7.18. The molecule has 2 aromatic heterocycles. The molecular formula is C9H13N5S. The molecule has 2 rings (SSSR count). The van der Waals surface area contributed by atoms with Crippen LogP contribution in [0.25, 0.3) is 10.8 Å². The Morgan fingerprint density at radius 3 is 2.87 bits per heavy atom. The Morgan fingerprint density at radius 1 is 1.47 bits per heavy atom. The molecule has 2 heterocycles. The highest BCUT2D eigenvalue weighted by atomic mass is 32.1. The van der Waals surface area contributed by atoms with Gasteiger partial charge in [0.25, 0.3) is 0 Å². The molecule has 0 aliphatic carbocycles. The van der Waals surface area contributed by atoms with Gasteiger partial charge in [0.05, 0.1) is 11.7 Å². The summed E-state index contributed by atoms with van der Waals surface area (Å²) in [5, 5.41) is 9.37. The van der Waals surface area contributed by atoms with Crippen LogP contribution in [0.4, 0.5) is 0 Å². The third-order valence-electron chi connectivity index (χ3n) is 2.20. The average molecular weight is 223 g/mol. The van der Waals surface area contributed by atoms with Gasteiger partial charge in [0.15, 0.2) is 10.8 Å². The zero-order valence-electron chi connectivity index (χ0n) is 8.64. The lowest BCUT2D eigenvalue weighted by Gasteiger charge is -2.11. The van der Waals surface area contributed by atoms with Crippen LogP contribution in [-0.4, -0.2) is 20.2 Å². The van der Waals surface area contributed by atoms with Crippen molar-refractivity contribution in [2.24, 2.45) is 11.7 Å². The lowest BCUT2D eigenvalue weighted by Crippen LogP contribution is -2.16. The summed E-state index contributed by atoms with van der Waals surface area (Å²) in [6, 6.07) is -0.0158. The third kappa shape index (κ3) is 2.05. The Balaban J connectivity index is 2.25. The highest BCUT2D eigenvalue weighted by Gasteiger charge is 2.15. The van der Waals surface area contributed by atoms with Gasteiger partial charge in [0.1, 0.15) is 6.33 Å². The lowest BCUT2D eigenvalue weighted by atomic mass is 10.0. The molecule has 5 nitrogen and oxygen atoms in total. The summed E-state index contributed by atoms with van der Waals surface area (Å²) in [6.45, 7) is 4.16. The molecule has 80 valence electrons. The largest absolute Gasteiger partial charge is 0.322 e. The van der Waals surface area contributed by atoms with E-state index in [4.69, 9.17) is 5.73 Å². The lowest BCUT2D eigenvalue weighted by molar-refractivity contribution is 0.505. The maximum Gasteiger partial charge on any atom is 0.184 e. The molecule has 0 saturated heterocycles. The molecule has 0 aromatic carbocycles. The van der Waals surface area contributed by atoms with E-state index in [-0.39, 0.29) is 6.04 Å². The maximum atomic E-state index is 6.00. The van der Waals surface area contributed by atoms with E-state index in [1.165, 1.54) is 17.7 Å². The van der Waals surface area contributed by atoms with Crippen LogP contribution in [-0.2, 0) is 0 Å². The van der Waals surface area contributed by atoms with Crippen molar-refractivity contribution in [1.82, 2.24) is 20.2 Å². The van der Waals surface area contributed by atoms with E-state index < -0.39 is 0 Å². The van der Waals surface area contributed by atoms with Crippen LogP contribution in [0.3, 0.4) is 0 Å². The standard InChI is InChI=1S/C9H13N5S/c1-5(2)7(10)6-3-15-9(13-6)8-11-4-12-14-8/h3-5,7H,10H2,1-2H3,(H,11,12,14). The SMILES string of the molecule is CC(C)C(N)c1csc(-c2ncn[nH]2)n1. The molecule has 3 N–H and O–H groups in total.